The van der Waals surface area contributed by atoms with Crippen LogP contribution in [0.4, 0.5) is 4.39 Å². The molecule has 0 atom stereocenters. The van der Waals surface area contributed by atoms with Crippen LogP contribution in [0.1, 0.15) is 11.1 Å². The number of aromatic nitrogens is 2. The van der Waals surface area contributed by atoms with E-state index < -0.39 is 11.2 Å². The third-order valence-electron chi connectivity index (χ3n) is 2.49. The highest BCUT2D eigenvalue weighted by Gasteiger charge is 2.05. The maximum Gasteiger partial charge on any atom is 0.328 e. The van der Waals surface area contributed by atoms with E-state index in [4.69, 9.17) is 0 Å². The number of benzene rings is 1. The number of hydrogen-bond acceptors (Lipinski definition) is 2. The van der Waals surface area contributed by atoms with Crippen molar-refractivity contribution in [3.05, 3.63) is 68.2 Å². The first-order valence-corrected chi connectivity index (χ1v) is 5.11. The second-order valence-electron chi connectivity index (χ2n) is 3.79. The summed E-state index contributed by atoms with van der Waals surface area (Å²) in [5.74, 6) is -0.372. The third-order valence-corrected chi connectivity index (χ3v) is 2.49. The molecule has 1 heterocycles. The van der Waals surface area contributed by atoms with Crippen molar-refractivity contribution < 1.29 is 4.39 Å². The Morgan fingerprint density at radius 1 is 1.29 bits per heavy atom. The Balaban J connectivity index is 2.44. The molecule has 0 unspecified atom stereocenters. The molecule has 0 bridgehead atoms. The third kappa shape index (κ3) is 2.33. The van der Waals surface area contributed by atoms with E-state index in [1.165, 1.54) is 16.8 Å². The van der Waals surface area contributed by atoms with Crippen LogP contribution in [0.3, 0.4) is 0 Å². The average Bonchev–Trinajstić information content (AvgIpc) is 2.29. The summed E-state index contributed by atoms with van der Waals surface area (Å²) < 4.78 is 14.7. The molecule has 0 aliphatic rings. The van der Waals surface area contributed by atoms with Gasteiger partial charge in [-0.1, -0.05) is 18.2 Å². The van der Waals surface area contributed by atoms with Crippen LogP contribution in [0.25, 0.3) is 0 Å². The second-order valence-corrected chi connectivity index (χ2v) is 3.79. The maximum absolute atomic E-state index is 13.4. The van der Waals surface area contributed by atoms with E-state index in [0.717, 1.165) is 0 Å². The van der Waals surface area contributed by atoms with Gasteiger partial charge in [-0.15, -0.1) is 0 Å². The lowest BCUT2D eigenvalue weighted by Crippen LogP contribution is -2.31. The predicted molar refractivity (Wildman–Crippen MR) is 61.6 cm³/mol. The van der Waals surface area contributed by atoms with Gasteiger partial charge in [0.25, 0.3) is 5.56 Å². The molecule has 1 N–H and O–H groups in total. The minimum atomic E-state index is -0.538. The van der Waals surface area contributed by atoms with E-state index >= 15 is 0 Å². The fourth-order valence-electron chi connectivity index (χ4n) is 1.55. The van der Waals surface area contributed by atoms with Crippen molar-refractivity contribution in [3.8, 4) is 0 Å². The molecule has 1 aromatic heterocycles. The number of nitrogens with zero attached hydrogens (tertiary/aromatic N) is 1. The van der Waals surface area contributed by atoms with E-state index in [1.807, 2.05) is 0 Å². The van der Waals surface area contributed by atoms with Gasteiger partial charge in [-0.3, -0.25) is 14.3 Å². The molecule has 4 nitrogen and oxygen atoms in total. The molecular weight excluding hydrogens is 223 g/mol. The van der Waals surface area contributed by atoms with Gasteiger partial charge in [-0.2, -0.15) is 0 Å². The van der Waals surface area contributed by atoms with E-state index in [0.29, 0.717) is 11.1 Å². The van der Waals surface area contributed by atoms with E-state index in [2.05, 4.69) is 4.98 Å². The molecule has 0 amide bonds. The topological polar surface area (TPSA) is 54.9 Å². The van der Waals surface area contributed by atoms with E-state index in [1.54, 1.807) is 25.1 Å². The average molecular weight is 234 g/mol. The van der Waals surface area contributed by atoms with E-state index in [9.17, 15) is 14.0 Å². The molecule has 1 aromatic carbocycles. The molecular formula is C12H11FN2O2. The normalized spacial score (nSPS) is 10.5. The molecule has 2 rings (SSSR count). The fraction of sp³-hybridized carbons (Fsp3) is 0.167. The first-order valence-electron chi connectivity index (χ1n) is 5.11. The Kier molecular flexibility index (Phi) is 2.91. The second kappa shape index (κ2) is 4.37. The van der Waals surface area contributed by atoms with Crippen molar-refractivity contribution in [3.63, 3.8) is 0 Å². The fourth-order valence-corrected chi connectivity index (χ4v) is 1.55. The summed E-state index contributed by atoms with van der Waals surface area (Å²) >= 11 is 0. The predicted octanol–water partition coefficient (Wildman–Crippen LogP) is 1.03. The van der Waals surface area contributed by atoms with Crippen LogP contribution < -0.4 is 11.2 Å². The van der Waals surface area contributed by atoms with Gasteiger partial charge in [0.15, 0.2) is 0 Å². The first kappa shape index (κ1) is 11.3. The number of nitrogens with one attached hydrogen (secondary N) is 1. The van der Waals surface area contributed by atoms with Gasteiger partial charge in [0.1, 0.15) is 5.82 Å². The molecule has 17 heavy (non-hydrogen) atoms. The molecule has 88 valence electrons. The van der Waals surface area contributed by atoms with Crippen LogP contribution in [0.2, 0.25) is 0 Å². The number of rotatable bonds is 2. The van der Waals surface area contributed by atoms with E-state index in [-0.39, 0.29) is 12.4 Å². The summed E-state index contributed by atoms with van der Waals surface area (Å²) in [6.45, 7) is 1.69. The molecule has 0 saturated heterocycles. The van der Waals surface area contributed by atoms with Gasteiger partial charge in [0.05, 0.1) is 6.54 Å². The van der Waals surface area contributed by atoms with Crippen molar-refractivity contribution in [1.29, 1.82) is 0 Å². The van der Waals surface area contributed by atoms with Crippen LogP contribution in [0.15, 0.2) is 40.1 Å². The zero-order chi connectivity index (χ0) is 12.4. The molecule has 0 saturated carbocycles. The van der Waals surface area contributed by atoms with Crippen molar-refractivity contribution in [2.75, 3.05) is 0 Å². The quantitative estimate of drug-likeness (QED) is 0.843. The summed E-state index contributed by atoms with van der Waals surface area (Å²) in [5, 5.41) is 0. The van der Waals surface area contributed by atoms with Gasteiger partial charge in [-0.25, -0.2) is 9.18 Å². The monoisotopic (exact) mass is 234 g/mol. The molecule has 0 aliphatic carbocycles. The Labute approximate surface area is 96.4 Å². The molecule has 0 radical (unpaired) electrons. The van der Waals surface area contributed by atoms with Crippen molar-refractivity contribution in [1.82, 2.24) is 9.55 Å². The minimum absolute atomic E-state index is 0.100. The smallest absolute Gasteiger partial charge is 0.296 e. The number of H-pyrrole nitrogens is 1. The van der Waals surface area contributed by atoms with Gasteiger partial charge >= 0.3 is 5.69 Å². The summed E-state index contributed by atoms with van der Waals surface area (Å²) in [6, 6.07) is 6.21. The van der Waals surface area contributed by atoms with Gasteiger partial charge in [0, 0.05) is 17.3 Å². The highest BCUT2D eigenvalue weighted by molar-refractivity contribution is 5.18. The summed E-state index contributed by atoms with van der Waals surface area (Å²) in [7, 11) is 0. The lowest BCUT2D eigenvalue weighted by Gasteiger charge is -2.06. The number of aromatic amines is 1. The van der Waals surface area contributed by atoms with Crippen LogP contribution in [0.5, 0.6) is 0 Å². The van der Waals surface area contributed by atoms with Crippen LogP contribution in [-0.2, 0) is 6.54 Å². The van der Waals surface area contributed by atoms with Gasteiger partial charge < -0.3 is 0 Å². The largest absolute Gasteiger partial charge is 0.328 e. The zero-order valence-corrected chi connectivity index (χ0v) is 9.24. The van der Waals surface area contributed by atoms with Gasteiger partial charge in [-0.05, 0) is 13.0 Å². The number of halogens is 1. The van der Waals surface area contributed by atoms with Crippen LogP contribution in [0, 0.1) is 12.7 Å². The summed E-state index contributed by atoms with van der Waals surface area (Å²) in [4.78, 5) is 24.8. The van der Waals surface area contributed by atoms with Crippen molar-refractivity contribution in [2.24, 2.45) is 0 Å². The molecule has 5 heteroatoms. The van der Waals surface area contributed by atoms with Crippen molar-refractivity contribution in [2.45, 2.75) is 13.5 Å². The Hall–Kier alpha value is -2.17. The van der Waals surface area contributed by atoms with Crippen LogP contribution >= 0.6 is 0 Å². The standard InChI is InChI=1S/C12H11FN2O2/c1-8-6-15(12(17)14-11(8)16)7-9-4-2-3-5-10(9)13/h2-6H,7H2,1H3,(H,14,16,17). The zero-order valence-electron chi connectivity index (χ0n) is 9.24. The van der Waals surface area contributed by atoms with Gasteiger partial charge in [0.2, 0.25) is 0 Å². The molecule has 0 spiro atoms. The molecule has 0 aliphatic heterocycles. The molecule has 0 fully saturated rings. The first-order chi connectivity index (χ1) is 8.08. The van der Waals surface area contributed by atoms with Crippen molar-refractivity contribution >= 4 is 0 Å². The Morgan fingerprint density at radius 2 is 2.00 bits per heavy atom. The highest BCUT2D eigenvalue weighted by Crippen LogP contribution is 2.07. The lowest BCUT2D eigenvalue weighted by atomic mass is 10.2. The number of hydrogen-bond donors (Lipinski definition) is 1. The lowest BCUT2D eigenvalue weighted by molar-refractivity contribution is 0.592. The van der Waals surface area contributed by atoms with Crippen LogP contribution in [-0.4, -0.2) is 9.55 Å². The number of aryl methyl sites for hydroxylation is 1. The summed E-state index contributed by atoms with van der Waals surface area (Å²) in [5.41, 5.74) is -0.134. The Morgan fingerprint density at radius 3 is 2.71 bits per heavy atom. The summed E-state index contributed by atoms with van der Waals surface area (Å²) in [6.07, 6.45) is 1.42. The Bertz CT molecular complexity index is 658. The highest BCUT2D eigenvalue weighted by atomic mass is 19.1. The maximum atomic E-state index is 13.4. The SMILES string of the molecule is Cc1cn(Cc2ccccc2F)c(=O)[nH]c1=O. The minimum Gasteiger partial charge on any atom is -0.296 e. The molecule has 2 aromatic rings.